The molecule has 0 fully saturated rings. The van der Waals surface area contributed by atoms with Gasteiger partial charge in [-0.15, -0.1) is 0 Å². The zero-order valence-electron chi connectivity index (χ0n) is 34.5. The van der Waals surface area contributed by atoms with E-state index in [9.17, 15) is 0 Å². The average molecular weight is 817 g/mol. The van der Waals surface area contributed by atoms with Crippen molar-refractivity contribution in [1.82, 2.24) is 29.1 Å². The summed E-state index contributed by atoms with van der Waals surface area (Å²) in [5, 5.41) is 9.49. The summed E-state index contributed by atoms with van der Waals surface area (Å²) in [7, 11) is 0. The first-order valence-corrected chi connectivity index (χ1v) is 21.6. The van der Waals surface area contributed by atoms with Crippen LogP contribution in [-0.2, 0) is 0 Å². The molecule has 4 aromatic heterocycles. The van der Waals surface area contributed by atoms with Crippen molar-refractivity contribution in [3.05, 3.63) is 218 Å². The van der Waals surface area contributed by atoms with Gasteiger partial charge in [-0.3, -0.25) is 9.13 Å². The van der Waals surface area contributed by atoms with Crippen molar-refractivity contribution in [3.63, 3.8) is 0 Å². The van der Waals surface area contributed by atoms with Gasteiger partial charge in [0.2, 0.25) is 0 Å². The molecule has 0 radical (unpaired) electrons. The molecule has 0 saturated carbocycles. The fourth-order valence-corrected chi connectivity index (χ4v) is 9.58. The molecule has 0 spiro atoms. The normalized spacial score (nSPS) is 11.8. The van der Waals surface area contributed by atoms with Crippen molar-refractivity contribution in [3.8, 4) is 56.9 Å². The Balaban J connectivity index is 1.06. The first-order chi connectivity index (χ1) is 31.7. The summed E-state index contributed by atoms with van der Waals surface area (Å²) in [5.74, 6) is 3.55. The second-order valence-electron chi connectivity index (χ2n) is 16.3. The lowest BCUT2D eigenvalue weighted by Crippen LogP contribution is -2.05. The van der Waals surface area contributed by atoms with Crippen LogP contribution in [0.3, 0.4) is 0 Å². The Hall–Kier alpha value is -8.74. The maximum Gasteiger partial charge on any atom is 0.164 e. The Labute approximate surface area is 368 Å². The number of benzene rings is 9. The molecule has 0 amide bonds. The van der Waals surface area contributed by atoms with Crippen LogP contribution < -0.4 is 0 Å². The van der Waals surface area contributed by atoms with Crippen LogP contribution in [0.1, 0.15) is 0 Å². The minimum atomic E-state index is 0.615. The maximum atomic E-state index is 5.70. The lowest BCUT2D eigenvalue weighted by atomic mass is 10.0. The van der Waals surface area contributed by atoms with E-state index in [2.05, 4.69) is 167 Å². The third-order valence-electron chi connectivity index (χ3n) is 12.6. The lowest BCUT2D eigenvalue weighted by Gasteiger charge is -2.16. The Kier molecular flexibility index (Phi) is 8.11. The van der Waals surface area contributed by atoms with E-state index in [-0.39, 0.29) is 0 Å². The fraction of sp³-hybridized carbons (Fsp3) is 0. The van der Waals surface area contributed by atoms with Gasteiger partial charge in [0.25, 0.3) is 0 Å². The molecule has 13 aromatic rings. The van der Waals surface area contributed by atoms with Crippen LogP contribution in [0, 0.1) is 0 Å². The minimum absolute atomic E-state index is 0.615. The van der Waals surface area contributed by atoms with Crippen LogP contribution in [0.5, 0.6) is 0 Å². The largest absolute Gasteiger partial charge is 0.293 e. The predicted octanol–water partition coefficient (Wildman–Crippen LogP) is 14.4. The fourth-order valence-electron chi connectivity index (χ4n) is 9.58. The molecule has 0 saturated heterocycles. The number of nitrogens with zero attached hydrogens (tertiary/aromatic N) is 6. The Morgan fingerprint density at radius 2 is 0.625 bits per heavy atom. The van der Waals surface area contributed by atoms with E-state index in [1.807, 2.05) is 60.7 Å². The summed E-state index contributed by atoms with van der Waals surface area (Å²) in [6.07, 6.45) is 0. The lowest BCUT2D eigenvalue weighted by molar-refractivity contribution is 1.02. The minimum Gasteiger partial charge on any atom is -0.293 e. The van der Waals surface area contributed by atoms with Gasteiger partial charge in [0.05, 0.1) is 22.1 Å². The highest BCUT2D eigenvalue weighted by Crippen LogP contribution is 2.40. The zero-order chi connectivity index (χ0) is 42.1. The number of pyridine rings is 1. The molecule has 0 atom stereocenters. The number of aromatic nitrogens is 6. The molecule has 0 aliphatic rings. The highest BCUT2D eigenvalue weighted by atomic mass is 15.1. The first kappa shape index (κ1) is 36.0. The third-order valence-corrected chi connectivity index (χ3v) is 12.6. The molecule has 0 aliphatic heterocycles. The summed E-state index contributed by atoms with van der Waals surface area (Å²) in [4.78, 5) is 20.7. The molecule has 298 valence electrons. The van der Waals surface area contributed by atoms with Crippen LogP contribution in [-0.4, -0.2) is 29.1 Å². The summed E-state index contributed by atoms with van der Waals surface area (Å²) < 4.78 is 4.72. The molecule has 64 heavy (non-hydrogen) atoms. The summed E-state index contributed by atoms with van der Waals surface area (Å²) in [6, 6.07) is 76.9. The summed E-state index contributed by atoms with van der Waals surface area (Å²) >= 11 is 0. The molecular weight excluding hydrogens is 781 g/mol. The van der Waals surface area contributed by atoms with Crippen LogP contribution in [0.2, 0.25) is 0 Å². The average Bonchev–Trinajstić information content (AvgIpc) is 3.90. The summed E-state index contributed by atoms with van der Waals surface area (Å²) in [6.45, 7) is 0. The highest BCUT2D eigenvalue weighted by molar-refractivity contribution is 6.20. The molecular formula is C58H36N6. The van der Waals surface area contributed by atoms with Gasteiger partial charge in [-0.05, 0) is 46.2 Å². The number of hydrogen-bond acceptors (Lipinski definition) is 4. The molecule has 13 rings (SSSR count). The van der Waals surface area contributed by atoms with Gasteiger partial charge < -0.3 is 0 Å². The molecule has 4 heterocycles. The van der Waals surface area contributed by atoms with Gasteiger partial charge >= 0.3 is 0 Å². The van der Waals surface area contributed by atoms with E-state index >= 15 is 0 Å². The number of hydrogen-bond donors (Lipinski definition) is 0. The van der Waals surface area contributed by atoms with Gasteiger partial charge in [-0.1, -0.05) is 194 Å². The SMILES string of the molecule is c1ccc(-c2nc(-c3ccccc3)nc(-c3ccc(-c4cc(-n5c6ccccc6c6ccc7ccccc7c65)nc(-n5c6ccccc6c6ccc7ccccc7c65)c4)cc3)n2)cc1. The van der Waals surface area contributed by atoms with Crippen LogP contribution >= 0.6 is 0 Å². The third kappa shape index (κ3) is 5.73. The first-order valence-electron chi connectivity index (χ1n) is 21.6. The van der Waals surface area contributed by atoms with E-state index < -0.39 is 0 Å². The van der Waals surface area contributed by atoms with Gasteiger partial charge in [0, 0.05) is 49.0 Å². The number of fused-ring (bicyclic) bond motifs is 10. The molecule has 9 aromatic carbocycles. The van der Waals surface area contributed by atoms with Crippen LogP contribution in [0.25, 0.3) is 122 Å². The van der Waals surface area contributed by atoms with E-state index in [4.69, 9.17) is 19.9 Å². The second-order valence-corrected chi connectivity index (χ2v) is 16.3. The topological polar surface area (TPSA) is 61.4 Å². The Bertz CT molecular complexity index is 3710. The smallest absolute Gasteiger partial charge is 0.164 e. The van der Waals surface area contributed by atoms with E-state index in [0.29, 0.717) is 17.5 Å². The number of rotatable bonds is 6. The Morgan fingerprint density at radius 1 is 0.250 bits per heavy atom. The quantitative estimate of drug-likeness (QED) is 0.168. The number of para-hydroxylation sites is 2. The summed E-state index contributed by atoms with van der Waals surface area (Å²) in [5.41, 5.74) is 9.33. The molecule has 6 nitrogen and oxygen atoms in total. The predicted molar refractivity (Wildman–Crippen MR) is 263 cm³/mol. The van der Waals surface area contributed by atoms with Crippen LogP contribution in [0.15, 0.2) is 218 Å². The van der Waals surface area contributed by atoms with Crippen LogP contribution in [0.4, 0.5) is 0 Å². The Morgan fingerprint density at radius 3 is 1.09 bits per heavy atom. The maximum absolute atomic E-state index is 5.70. The van der Waals surface area contributed by atoms with E-state index in [0.717, 1.165) is 61.5 Å². The molecule has 6 heteroatoms. The van der Waals surface area contributed by atoms with Crippen molar-refractivity contribution >= 4 is 65.2 Å². The monoisotopic (exact) mass is 816 g/mol. The molecule has 0 unspecified atom stereocenters. The van der Waals surface area contributed by atoms with Gasteiger partial charge in [-0.2, -0.15) is 0 Å². The van der Waals surface area contributed by atoms with Gasteiger partial charge in [0.1, 0.15) is 11.6 Å². The molecule has 0 N–H and O–H groups in total. The molecule has 0 aliphatic carbocycles. The highest BCUT2D eigenvalue weighted by Gasteiger charge is 2.21. The van der Waals surface area contributed by atoms with Crippen molar-refractivity contribution in [2.45, 2.75) is 0 Å². The van der Waals surface area contributed by atoms with Gasteiger partial charge in [-0.25, -0.2) is 19.9 Å². The van der Waals surface area contributed by atoms with E-state index in [1.165, 1.54) is 43.1 Å². The van der Waals surface area contributed by atoms with Crippen molar-refractivity contribution in [1.29, 1.82) is 0 Å². The van der Waals surface area contributed by atoms with E-state index in [1.54, 1.807) is 0 Å². The van der Waals surface area contributed by atoms with Crippen molar-refractivity contribution < 1.29 is 0 Å². The second kappa shape index (κ2) is 14.4. The zero-order valence-corrected chi connectivity index (χ0v) is 34.5. The molecule has 0 bridgehead atoms. The van der Waals surface area contributed by atoms with Crippen molar-refractivity contribution in [2.24, 2.45) is 0 Å². The van der Waals surface area contributed by atoms with Crippen molar-refractivity contribution in [2.75, 3.05) is 0 Å². The standard InChI is InChI=1S/C58H36N6/c1-3-17-40(18-4-1)56-60-57(41-19-5-2-6-20-41)62-58(61-56)42-29-27-37(28-30-42)43-35-52(63-50-25-13-11-23-46(50)48-33-31-38-15-7-9-21-44(38)54(48)63)59-53(36-43)64-51-26-14-12-24-47(51)49-34-32-39-16-8-10-22-45(39)55(49)64/h1-36H. The van der Waals surface area contributed by atoms with Gasteiger partial charge in [0.15, 0.2) is 17.5 Å².